The predicted octanol–water partition coefficient (Wildman–Crippen LogP) is 7.22. The van der Waals surface area contributed by atoms with Gasteiger partial charge < -0.3 is 15.0 Å². The molecule has 1 saturated heterocycles. The third-order valence-corrected chi connectivity index (χ3v) is 13.1. The minimum Gasteiger partial charge on any atom is -0.467 e. The Morgan fingerprint density at radius 3 is 1.77 bits per heavy atom. The number of esters is 1. The number of carbonyl (C=O) groups is 2. The Balaban J connectivity index is 1.45. The van der Waals surface area contributed by atoms with Crippen molar-refractivity contribution in [3.8, 4) is 22.3 Å². The molecule has 1 aliphatic rings. The van der Waals surface area contributed by atoms with Crippen LogP contribution in [0.15, 0.2) is 137 Å². The van der Waals surface area contributed by atoms with Crippen LogP contribution in [0.5, 0.6) is 0 Å². The molecule has 14 heteroatoms. The topological polar surface area (TPSA) is 127 Å². The Hall–Kier alpha value is -5.31. The molecule has 3 atom stereocenters. The number of methoxy groups -OCH3 is 1. The van der Waals surface area contributed by atoms with E-state index in [4.69, 9.17) is 4.74 Å². The van der Waals surface area contributed by atoms with Gasteiger partial charge in [-0.05, 0) is 95.7 Å². The number of nitrogens with zero attached hydrogens (tertiary/aromatic N) is 1. The molecule has 0 aliphatic carbocycles. The number of alkyl halides is 3. The van der Waals surface area contributed by atoms with Crippen LogP contribution in [0.1, 0.15) is 34.3 Å². The van der Waals surface area contributed by atoms with Gasteiger partial charge in [0.2, 0.25) is 9.84 Å². The van der Waals surface area contributed by atoms with E-state index in [2.05, 4.69) is 5.32 Å². The zero-order valence-corrected chi connectivity index (χ0v) is 32.1. The molecule has 5 aromatic carbocycles. The molecule has 0 saturated carbocycles. The third kappa shape index (κ3) is 8.88. The summed E-state index contributed by atoms with van der Waals surface area (Å²) in [6, 6.07) is 29.8. The van der Waals surface area contributed by atoms with Crippen molar-refractivity contribution in [3.63, 3.8) is 0 Å². The van der Waals surface area contributed by atoms with Gasteiger partial charge in [0.15, 0.2) is 15.2 Å². The van der Waals surface area contributed by atoms with Crippen LogP contribution in [-0.2, 0) is 41.8 Å². The molecule has 1 heterocycles. The first-order chi connectivity index (χ1) is 26.6. The zero-order valence-electron chi connectivity index (χ0n) is 30.4. The van der Waals surface area contributed by atoms with Crippen molar-refractivity contribution in [1.29, 1.82) is 0 Å². The molecule has 292 valence electrons. The largest absolute Gasteiger partial charge is 0.467 e. The van der Waals surface area contributed by atoms with Gasteiger partial charge in [-0.2, -0.15) is 13.2 Å². The second kappa shape index (κ2) is 16.4. The molecule has 1 fully saturated rings. The smallest absolute Gasteiger partial charge is 0.416 e. The van der Waals surface area contributed by atoms with Gasteiger partial charge in [-0.15, -0.1) is 0 Å². The van der Waals surface area contributed by atoms with Crippen LogP contribution < -0.4 is 5.32 Å². The van der Waals surface area contributed by atoms with Crippen molar-refractivity contribution in [3.05, 3.63) is 144 Å². The van der Waals surface area contributed by atoms with Gasteiger partial charge in [-0.3, -0.25) is 4.79 Å². The number of hydrogen-bond donors (Lipinski definition) is 1. The van der Waals surface area contributed by atoms with Gasteiger partial charge in [0.1, 0.15) is 6.04 Å². The summed E-state index contributed by atoms with van der Waals surface area (Å²) in [5.74, 6) is -1.67. The van der Waals surface area contributed by atoms with Gasteiger partial charge in [-0.1, -0.05) is 78.9 Å². The lowest BCUT2D eigenvalue weighted by Crippen LogP contribution is -2.60. The molecule has 1 aliphatic heterocycles. The summed E-state index contributed by atoms with van der Waals surface area (Å²) in [5.41, 5.74) is 2.62. The summed E-state index contributed by atoms with van der Waals surface area (Å²) in [6.07, 6.45) is -2.72. The average Bonchev–Trinajstić information content (AvgIpc) is 3.73. The Bertz CT molecular complexity index is 2380. The highest BCUT2D eigenvalue weighted by Gasteiger charge is 2.48. The summed E-state index contributed by atoms with van der Waals surface area (Å²) in [6.45, 7) is 0.442. The second-order valence-corrected chi connectivity index (χ2v) is 17.6. The molecule has 0 aromatic heterocycles. The van der Waals surface area contributed by atoms with E-state index in [9.17, 15) is 39.6 Å². The van der Waals surface area contributed by atoms with E-state index in [1.807, 2.05) is 42.5 Å². The summed E-state index contributed by atoms with van der Waals surface area (Å²) >= 11 is 0. The number of ether oxygens (including phenoxy) is 1. The van der Waals surface area contributed by atoms with Gasteiger partial charge in [-0.25, -0.2) is 21.6 Å². The number of carbonyl (C=O) groups excluding carboxylic acids is 2. The van der Waals surface area contributed by atoms with Crippen molar-refractivity contribution in [2.24, 2.45) is 0 Å². The van der Waals surface area contributed by atoms with Crippen molar-refractivity contribution >= 4 is 31.6 Å². The molecule has 0 bridgehead atoms. The lowest BCUT2D eigenvalue weighted by molar-refractivity contribution is -0.146. The van der Waals surface area contributed by atoms with E-state index in [0.717, 1.165) is 41.5 Å². The van der Waals surface area contributed by atoms with Gasteiger partial charge in [0, 0.05) is 24.3 Å². The first-order valence-corrected chi connectivity index (χ1v) is 21.1. The van der Waals surface area contributed by atoms with Crippen LogP contribution in [-0.4, -0.2) is 71.0 Å². The minimum absolute atomic E-state index is 0.0135. The van der Waals surface area contributed by atoms with E-state index in [0.29, 0.717) is 36.1 Å². The van der Waals surface area contributed by atoms with Crippen LogP contribution in [0.4, 0.5) is 13.2 Å². The first-order valence-electron chi connectivity index (χ1n) is 17.7. The average molecular weight is 805 g/mol. The SMILES string of the molecule is COC(=O)[C@H](Cc1ccc(-c2ccccc2)cc1)N(C(=O)c1ccc(-c2ccc(C(F)(F)F)cc2)cc1)C([C@H]1CCCN1)S(=O)(=O)c1ccc(S(C)(=O)=O)cc1. The Kier molecular flexibility index (Phi) is 11.8. The van der Waals surface area contributed by atoms with Gasteiger partial charge in [0.05, 0.1) is 22.5 Å². The predicted molar refractivity (Wildman–Crippen MR) is 206 cm³/mol. The number of hydrogen-bond acceptors (Lipinski definition) is 8. The summed E-state index contributed by atoms with van der Waals surface area (Å²) < 4.78 is 99.0. The third-order valence-electron chi connectivity index (χ3n) is 9.83. The van der Waals surface area contributed by atoms with Gasteiger partial charge in [0.25, 0.3) is 5.91 Å². The molecule has 5 aromatic rings. The Morgan fingerprint density at radius 1 is 0.750 bits per heavy atom. The molecule has 0 radical (unpaired) electrons. The van der Waals surface area contributed by atoms with Crippen LogP contribution in [0.3, 0.4) is 0 Å². The van der Waals surface area contributed by atoms with Crippen LogP contribution in [0.25, 0.3) is 22.3 Å². The molecule has 1 unspecified atom stereocenters. The van der Waals surface area contributed by atoms with E-state index in [1.165, 1.54) is 60.7 Å². The number of amides is 1. The van der Waals surface area contributed by atoms with Crippen molar-refractivity contribution in [2.45, 2.75) is 52.7 Å². The number of halogens is 3. The Morgan fingerprint density at radius 2 is 1.27 bits per heavy atom. The molecule has 1 amide bonds. The first kappa shape index (κ1) is 40.4. The van der Waals surface area contributed by atoms with Crippen molar-refractivity contribution < 1.29 is 44.3 Å². The molecule has 56 heavy (non-hydrogen) atoms. The standard InChI is InChI=1S/C42H39F3N2O7S2/c1-54-41(49)38(27-28-10-12-30(13-11-28)29-7-4-3-5-8-29)47(39(48)33-16-14-31(15-17-33)32-18-20-34(21-19-32)42(43,44)45)40(37-9-6-26-46-37)56(52,53)36-24-22-35(23-25-36)55(2,50)51/h3-5,7-8,10-25,37-38,40,46H,6,9,26-27H2,1-2H3/t37-,38+,40?/m1/s1. The monoisotopic (exact) mass is 804 g/mol. The summed E-state index contributed by atoms with van der Waals surface area (Å²) in [5, 5.41) is 1.54. The van der Waals surface area contributed by atoms with Crippen LogP contribution in [0.2, 0.25) is 0 Å². The number of sulfone groups is 2. The molecule has 0 spiro atoms. The highest BCUT2D eigenvalue weighted by molar-refractivity contribution is 7.92. The zero-order chi connectivity index (χ0) is 40.3. The van der Waals surface area contributed by atoms with E-state index in [-0.39, 0.29) is 21.8 Å². The number of rotatable bonds is 12. The molecule has 9 nitrogen and oxygen atoms in total. The maximum atomic E-state index is 14.9. The highest BCUT2D eigenvalue weighted by atomic mass is 32.2. The number of benzene rings is 5. The van der Waals surface area contributed by atoms with Crippen LogP contribution in [0, 0.1) is 0 Å². The van der Waals surface area contributed by atoms with E-state index < -0.39 is 60.7 Å². The normalized spacial score (nSPS) is 15.8. The highest BCUT2D eigenvalue weighted by Crippen LogP contribution is 2.33. The van der Waals surface area contributed by atoms with Gasteiger partial charge >= 0.3 is 12.1 Å². The lowest BCUT2D eigenvalue weighted by Gasteiger charge is -2.39. The molecular formula is C42H39F3N2O7S2. The number of nitrogens with one attached hydrogen (secondary N) is 1. The molecular weight excluding hydrogens is 766 g/mol. The minimum atomic E-state index is -4.54. The lowest BCUT2D eigenvalue weighted by atomic mass is 9.98. The Labute approximate surface area is 324 Å². The van der Waals surface area contributed by atoms with Crippen molar-refractivity contribution in [1.82, 2.24) is 10.2 Å². The summed E-state index contributed by atoms with van der Waals surface area (Å²) in [4.78, 5) is 29.5. The molecule has 6 rings (SSSR count). The van der Waals surface area contributed by atoms with E-state index in [1.54, 1.807) is 12.1 Å². The molecule has 1 N–H and O–H groups in total. The van der Waals surface area contributed by atoms with E-state index >= 15 is 0 Å². The van der Waals surface area contributed by atoms with Crippen LogP contribution >= 0.6 is 0 Å². The summed E-state index contributed by atoms with van der Waals surface area (Å²) in [7, 11) is -7.06. The fourth-order valence-electron chi connectivity index (χ4n) is 6.89. The fraction of sp³-hybridized carbons (Fsp3) is 0.238. The quantitative estimate of drug-likeness (QED) is 0.131. The van der Waals surface area contributed by atoms with Crippen molar-refractivity contribution in [2.75, 3.05) is 19.9 Å². The fourth-order valence-corrected chi connectivity index (χ4v) is 9.52. The maximum absolute atomic E-state index is 14.9. The maximum Gasteiger partial charge on any atom is 0.416 e. The second-order valence-electron chi connectivity index (χ2n) is 13.6.